The summed E-state index contributed by atoms with van der Waals surface area (Å²) in [5, 5.41) is 1.04. The van der Waals surface area contributed by atoms with Gasteiger partial charge in [-0.15, -0.1) is 0 Å². The van der Waals surface area contributed by atoms with Crippen LogP contribution in [-0.2, 0) is 25.8 Å². The fourth-order valence-electron chi connectivity index (χ4n) is 1.47. The average molecular weight is 265 g/mol. The molecule has 1 aromatic rings. The molecule has 5 heteroatoms. The summed E-state index contributed by atoms with van der Waals surface area (Å²) in [7, 11) is 2.85. The molecule has 0 spiro atoms. The number of carbonyl (C=O) groups is 2. The smallest absolute Gasteiger partial charge is 0.256 e. The highest BCUT2D eigenvalue weighted by molar-refractivity contribution is 6.01. The first-order valence-electron chi connectivity index (χ1n) is 6.02. The number of hydrogen-bond acceptors (Lipinski definition) is 4. The topological polar surface area (TPSA) is 55.8 Å². The molecule has 0 radical (unpaired) electrons. The van der Waals surface area contributed by atoms with Gasteiger partial charge in [0.05, 0.1) is 19.6 Å². The summed E-state index contributed by atoms with van der Waals surface area (Å²) in [6.45, 7) is 1.82. The standard InChI is InChI=1S/C14H19NO4/c1-11(14(17)15(2)18-3)13(16)10-19-9-12-7-5-4-6-8-12/h4-8,11H,9-10H2,1-3H3. The van der Waals surface area contributed by atoms with Gasteiger partial charge in [0, 0.05) is 7.05 Å². The van der Waals surface area contributed by atoms with E-state index < -0.39 is 5.92 Å². The third-order valence-corrected chi connectivity index (χ3v) is 2.79. The van der Waals surface area contributed by atoms with Gasteiger partial charge in [-0.2, -0.15) is 0 Å². The zero-order chi connectivity index (χ0) is 14.3. The van der Waals surface area contributed by atoms with Crippen LogP contribution in [0.25, 0.3) is 0 Å². The van der Waals surface area contributed by atoms with Crippen LogP contribution < -0.4 is 0 Å². The van der Waals surface area contributed by atoms with E-state index in [4.69, 9.17) is 9.57 Å². The van der Waals surface area contributed by atoms with Crippen LogP contribution >= 0.6 is 0 Å². The molecular formula is C14H19NO4. The summed E-state index contributed by atoms with van der Waals surface area (Å²) in [6, 6.07) is 9.55. The lowest BCUT2D eigenvalue weighted by Crippen LogP contribution is -2.36. The zero-order valence-corrected chi connectivity index (χ0v) is 11.5. The van der Waals surface area contributed by atoms with Gasteiger partial charge in [-0.25, -0.2) is 5.06 Å². The van der Waals surface area contributed by atoms with Crippen molar-refractivity contribution in [3.8, 4) is 0 Å². The molecule has 104 valence electrons. The van der Waals surface area contributed by atoms with Crippen LogP contribution in [0, 0.1) is 5.92 Å². The molecule has 0 aliphatic rings. The van der Waals surface area contributed by atoms with Crippen LogP contribution in [0.1, 0.15) is 12.5 Å². The van der Waals surface area contributed by atoms with E-state index in [1.54, 1.807) is 6.92 Å². The Labute approximate surface area is 113 Å². The largest absolute Gasteiger partial charge is 0.369 e. The maximum atomic E-state index is 11.8. The van der Waals surface area contributed by atoms with Gasteiger partial charge in [-0.3, -0.25) is 14.4 Å². The summed E-state index contributed by atoms with van der Waals surface area (Å²) < 4.78 is 5.31. The highest BCUT2D eigenvalue weighted by Crippen LogP contribution is 2.05. The third kappa shape index (κ3) is 4.81. The number of Topliss-reactive ketones (excluding diaryl/α,β-unsaturated/α-hetero) is 1. The maximum absolute atomic E-state index is 11.8. The van der Waals surface area contributed by atoms with Crippen molar-refractivity contribution in [3.05, 3.63) is 35.9 Å². The number of ether oxygens (including phenoxy) is 1. The van der Waals surface area contributed by atoms with Crippen LogP contribution in [0.3, 0.4) is 0 Å². The van der Waals surface area contributed by atoms with E-state index in [0.29, 0.717) is 6.61 Å². The lowest BCUT2D eigenvalue weighted by molar-refractivity contribution is -0.174. The fourth-order valence-corrected chi connectivity index (χ4v) is 1.47. The van der Waals surface area contributed by atoms with Gasteiger partial charge < -0.3 is 4.74 Å². The van der Waals surface area contributed by atoms with Crippen molar-refractivity contribution in [1.82, 2.24) is 5.06 Å². The summed E-state index contributed by atoms with van der Waals surface area (Å²) in [4.78, 5) is 28.2. The molecule has 1 rings (SSSR count). The molecule has 0 saturated carbocycles. The molecule has 0 aromatic heterocycles. The van der Waals surface area contributed by atoms with Gasteiger partial charge in [0.2, 0.25) is 0 Å². The Kier molecular flexibility index (Phi) is 6.18. The van der Waals surface area contributed by atoms with Gasteiger partial charge in [0.1, 0.15) is 6.61 Å². The molecule has 1 unspecified atom stereocenters. The van der Waals surface area contributed by atoms with Gasteiger partial charge in [0.15, 0.2) is 5.78 Å². The van der Waals surface area contributed by atoms with Crippen molar-refractivity contribution in [2.24, 2.45) is 5.92 Å². The Hall–Kier alpha value is -1.72. The number of benzene rings is 1. The van der Waals surface area contributed by atoms with E-state index in [9.17, 15) is 9.59 Å². The first-order valence-corrected chi connectivity index (χ1v) is 6.02. The Morgan fingerprint density at radius 1 is 1.26 bits per heavy atom. The highest BCUT2D eigenvalue weighted by Gasteiger charge is 2.24. The molecule has 1 atom stereocenters. The molecule has 1 amide bonds. The normalized spacial score (nSPS) is 11.9. The van der Waals surface area contributed by atoms with E-state index in [1.807, 2.05) is 30.3 Å². The van der Waals surface area contributed by atoms with E-state index in [1.165, 1.54) is 14.2 Å². The molecular weight excluding hydrogens is 246 g/mol. The van der Waals surface area contributed by atoms with Crippen molar-refractivity contribution in [3.63, 3.8) is 0 Å². The van der Waals surface area contributed by atoms with E-state index in [-0.39, 0.29) is 18.3 Å². The maximum Gasteiger partial charge on any atom is 0.256 e. The van der Waals surface area contributed by atoms with Gasteiger partial charge in [0.25, 0.3) is 5.91 Å². The van der Waals surface area contributed by atoms with Crippen LogP contribution in [0.2, 0.25) is 0 Å². The molecule has 0 aliphatic heterocycles. The average Bonchev–Trinajstić information content (AvgIpc) is 2.45. The second-order valence-electron chi connectivity index (χ2n) is 4.18. The molecule has 5 nitrogen and oxygen atoms in total. The Morgan fingerprint density at radius 3 is 2.47 bits per heavy atom. The number of hydroxylamine groups is 2. The van der Waals surface area contributed by atoms with Crippen molar-refractivity contribution in [2.45, 2.75) is 13.5 Å². The molecule has 0 N–H and O–H groups in total. The summed E-state index contributed by atoms with van der Waals surface area (Å²) in [6.07, 6.45) is 0. The quantitative estimate of drug-likeness (QED) is 0.553. The molecule has 0 aliphatic carbocycles. The Morgan fingerprint density at radius 2 is 1.89 bits per heavy atom. The fraction of sp³-hybridized carbons (Fsp3) is 0.429. The van der Waals surface area contributed by atoms with Crippen LogP contribution in [0.4, 0.5) is 0 Å². The number of carbonyl (C=O) groups excluding carboxylic acids is 2. The number of hydrogen-bond donors (Lipinski definition) is 0. The summed E-state index contributed by atoms with van der Waals surface area (Å²) >= 11 is 0. The van der Waals surface area contributed by atoms with Gasteiger partial charge in [-0.1, -0.05) is 30.3 Å². The van der Waals surface area contributed by atoms with Gasteiger partial charge in [-0.05, 0) is 12.5 Å². The number of ketones is 1. The van der Waals surface area contributed by atoms with Crippen LogP contribution in [0.15, 0.2) is 30.3 Å². The van der Waals surface area contributed by atoms with E-state index >= 15 is 0 Å². The predicted molar refractivity (Wildman–Crippen MR) is 70.0 cm³/mol. The SMILES string of the molecule is CON(C)C(=O)C(C)C(=O)COCc1ccccc1. The monoisotopic (exact) mass is 265 g/mol. The molecule has 19 heavy (non-hydrogen) atoms. The van der Waals surface area contributed by atoms with Crippen molar-refractivity contribution in [2.75, 3.05) is 20.8 Å². The van der Waals surface area contributed by atoms with Crippen LogP contribution in [-0.4, -0.2) is 37.5 Å². The predicted octanol–water partition coefficient (Wildman–Crippen LogP) is 1.43. The second-order valence-corrected chi connectivity index (χ2v) is 4.18. The molecule has 0 bridgehead atoms. The number of rotatable bonds is 7. The molecule has 1 aromatic carbocycles. The zero-order valence-electron chi connectivity index (χ0n) is 11.5. The second kappa shape index (κ2) is 7.66. The lowest BCUT2D eigenvalue weighted by Gasteiger charge is -2.17. The van der Waals surface area contributed by atoms with Crippen molar-refractivity contribution < 1.29 is 19.2 Å². The Balaban J connectivity index is 2.37. The van der Waals surface area contributed by atoms with Crippen molar-refractivity contribution >= 4 is 11.7 Å². The highest BCUT2D eigenvalue weighted by atomic mass is 16.7. The van der Waals surface area contributed by atoms with Crippen molar-refractivity contribution in [1.29, 1.82) is 0 Å². The number of nitrogens with zero attached hydrogens (tertiary/aromatic N) is 1. The van der Waals surface area contributed by atoms with Gasteiger partial charge >= 0.3 is 0 Å². The minimum Gasteiger partial charge on any atom is -0.369 e. The first-order chi connectivity index (χ1) is 9.06. The first kappa shape index (κ1) is 15.3. The third-order valence-electron chi connectivity index (χ3n) is 2.79. The summed E-state index contributed by atoms with van der Waals surface area (Å²) in [5.41, 5.74) is 0.989. The molecule has 0 heterocycles. The lowest BCUT2D eigenvalue weighted by atomic mass is 10.1. The summed E-state index contributed by atoms with van der Waals surface area (Å²) in [5.74, 6) is -1.40. The molecule has 0 fully saturated rings. The van der Waals surface area contributed by atoms with Crippen LogP contribution in [0.5, 0.6) is 0 Å². The number of amides is 1. The van der Waals surface area contributed by atoms with E-state index in [0.717, 1.165) is 10.6 Å². The minimum atomic E-state index is -0.763. The molecule has 0 saturated heterocycles. The minimum absolute atomic E-state index is 0.0840. The van der Waals surface area contributed by atoms with E-state index in [2.05, 4.69) is 0 Å². The Bertz CT molecular complexity index is 419.